The van der Waals surface area contributed by atoms with Crippen LogP contribution >= 0.6 is 11.6 Å². The molecule has 7 heteroatoms. The van der Waals surface area contributed by atoms with Crippen molar-refractivity contribution in [2.24, 2.45) is 4.99 Å². The number of nitrogens with zero attached hydrogens (tertiary/aromatic N) is 4. The molecule has 1 aromatic carbocycles. The fourth-order valence-corrected chi connectivity index (χ4v) is 3.32. The molecule has 2 heterocycles. The van der Waals surface area contributed by atoms with Crippen molar-refractivity contribution in [3.63, 3.8) is 0 Å². The highest BCUT2D eigenvalue weighted by molar-refractivity contribution is 6.31. The number of nitrogens with one attached hydrogen (secondary N) is 1. The van der Waals surface area contributed by atoms with Gasteiger partial charge in [-0.15, -0.1) is 0 Å². The molecule has 2 aromatic rings. The summed E-state index contributed by atoms with van der Waals surface area (Å²) in [5, 5.41) is 3.84. The highest BCUT2D eigenvalue weighted by atomic mass is 35.5. The zero-order valence-corrected chi connectivity index (χ0v) is 15.6. The lowest BCUT2D eigenvalue weighted by atomic mass is 10.1. The third-order valence-corrected chi connectivity index (χ3v) is 4.81. The second-order valence-electron chi connectivity index (χ2n) is 6.12. The number of hydrogen-bond donors (Lipinski definition) is 1. The van der Waals surface area contributed by atoms with Crippen molar-refractivity contribution >= 4 is 23.4 Å². The lowest BCUT2D eigenvalue weighted by molar-refractivity contribution is 0.372. The summed E-state index contributed by atoms with van der Waals surface area (Å²) in [6.07, 6.45) is 2.54. The molecule has 1 aliphatic rings. The van der Waals surface area contributed by atoms with Crippen molar-refractivity contribution in [2.75, 3.05) is 44.7 Å². The Morgan fingerprint density at radius 1 is 1.23 bits per heavy atom. The monoisotopic (exact) mass is 375 g/mol. The molecule has 0 aliphatic carbocycles. The van der Waals surface area contributed by atoms with Crippen LogP contribution in [0.2, 0.25) is 5.02 Å². The lowest BCUT2D eigenvalue weighted by Gasteiger charge is -2.37. The third-order valence-electron chi connectivity index (χ3n) is 4.46. The molecule has 1 aliphatic heterocycles. The second-order valence-corrected chi connectivity index (χ2v) is 6.53. The van der Waals surface area contributed by atoms with E-state index in [-0.39, 0.29) is 5.82 Å². The van der Waals surface area contributed by atoms with Gasteiger partial charge in [-0.1, -0.05) is 23.7 Å². The van der Waals surface area contributed by atoms with Crippen LogP contribution in [0, 0.1) is 5.82 Å². The molecule has 0 saturated carbocycles. The molecule has 3 rings (SSSR count). The summed E-state index contributed by atoms with van der Waals surface area (Å²) in [4.78, 5) is 13.3. The fourth-order valence-electron chi connectivity index (χ4n) is 3.05. The number of piperazine rings is 1. The standard InChI is InChI=1S/C19H23ClFN5/c1-22-19(24-9-7-15-5-6-16(21)14-17(15)20)26-12-10-25(11-13-26)18-4-2-3-8-23-18/h2-6,8,14H,7,9-13H2,1H3,(H,22,24). The van der Waals surface area contributed by atoms with Crippen LogP contribution in [0.1, 0.15) is 5.56 Å². The largest absolute Gasteiger partial charge is 0.356 e. The Kier molecular flexibility index (Phi) is 6.28. The Hall–Kier alpha value is -2.34. The van der Waals surface area contributed by atoms with E-state index in [1.165, 1.54) is 12.1 Å². The molecule has 5 nitrogen and oxygen atoms in total. The molecule has 0 atom stereocenters. The van der Waals surface area contributed by atoms with E-state index < -0.39 is 0 Å². The molecule has 1 aromatic heterocycles. The Bertz CT molecular complexity index is 745. The molecular weight excluding hydrogens is 353 g/mol. The summed E-state index contributed by atoms with van der Waals surface area (Å²) < 4.78 is 13.1. The Balaban J connectivity index is 1.49. The van der Waals surface area contributed by atoms with E-state index in [4.69, 9.17) is 11.6 Å². The van der Waals surface area contributed by atoms with Gasteiger partial charge in [0.05, 0.1) is 0 Å². The van der Waals surface area contributed by atoms with E-state index in [0.29, 0.717) is 18.0 Å². The van der Waals surface area contributed by atoms with E-state index >= 15 is 0 Å². The minimum absolute atomic E-state index is 0.312. The molecule has 1 saturated heterocycles. The number of aliphatic imine (C=N–C) groups is 1. The maximum Gasteiger partial charge on any atom is 0.193 e. The van der Waals surface area contributed by atoms with Gasteiger partial charge in [0.15, 0.2) is 5.96 Å². The summed E-state index contributed by atoms with van der Waals surface area (Å²) >= 11 is 6.08. The number of hydrogen-bond acceptors (Lipinski definition) is 3. The Morgan fingerprint density at radius 3 is 2.69 bits per heavy atom. The number of benzene rings is 1. The summed E-state index contributed by atoms with van der Waals surface area (Å²) in [6.45, 7) is 4.27. The van der Waals surface area contributed by atoms with Gasteiger partial charge in [0.25, 0.3) is 0 Å². The number of pyridine rings is 1. The second kappa shape index (κ2) is 8.85. The first-order valence-corrected chi connectivity index (χ1v) is 9.10. The average Bonchev–Trinajstić information content (AvgIpc) is 2.68. The van der Waals surface area contributed by atoms with Crippen LogP contribution < -0.4 is 10.2 Å². The van der Waals surface area contributed by atoms with Gasteiger partial charge >= 0.3 is 0 Å². The first-order valence-electron chi connectivity index (χ1n) is 8.73. The summed E-state index contributed by atoms with van der Waals surface area (Å²) in [7, 11) is 1.79. The maximum atomic E-state index is 13.1. The smallest absolute Gasteiger partial charge is 0.193 e. The minimum atomic E-state index is -0.312. The quantitative estimate of drug-likeness (QED) is 0.659. The maximum absolute atomic E-state index is 13.1. The zero-order valence-electron chi connectivity index (χ0n) is 14.8. The predicted molar refractivity (Wildman–Crippen MR) is 104 cm³/mol. The molecule has 0 radical (unpaired) electrons. The van der Waals surface area contributed by atoms with E-state index in [0.717, 1.165) is 43.5 Å². The topological polar surface area (TPSA) is 43.8 Å². The van der Waals surface area contributed by atoms with Crippen LogP contribution in [0.15, 0.2) is 47.6 Å². The SMILES string of the molecule is CN=C(NCCc1ccc(F)cc1Cl)N1CCN(c2ccccn2)CC1. The zero-order chi connectivity index (χ0) is 18.4. The Morgan fingerprint density at radius 2 is 2.04 bits per heavy atom. The average molecular weight is 376 g/mol. The molecule has 1 fully saturated rings. The first-order chi connectivity index (χ1) is 12.7. The molecule has 0 amide bonds. The van der Waals surface area contributed by atoms with E-state index in [1.54, 1.807) is 13.1 Å². The van der Waals surface area contributed by atoms with Crippen molar-refractivity contribution < 1.29 is 4.39 Å². The van der Waals surface area contributed by atoms with Crippen molar-refractivity contribution in [1.82, 2.24) is 15.2 Å². The van der Waals surface area contributed by atoms with Gasteiger partial charge in [0.2, 0.25) is 0 Å². The summed E-state index contributed by atoms with van der Waals surface area (Å²) in [5.41, 5.74) is 0.927. The normalized spacial score (nSPS) is 15.3. The molecule has 138 valence electrons. The van der Waals surface area contributed by atoms with Crippen molar-refractivity contribution in [3.05, 3.63) is 59.0 Å². The molecule has 0 bridgehead atoms. The third kappa shape index (κ3) is 4.64. The summed E-state index contributed by atoms with van der Waals surface area (Å²) in [6, 6.07) is 10.5. The minimum Gasteiger partial charge on any atom is -0.356 e. The van der Waals surface area contributed by atoms with E-state index in [2.05, 4.69) is 25.1 Å². The number of aromatic nitrogens is 1. The first kappa shape index (κ1) is 18.5. The van der Waals surface area contributed by atoms with Crippen LogP contribution in [-0.4, -0.2) is 55.6 Å². The fraction of sp³-hybridized carbons (Fsp3) is 0.368. The highest BCUT2D eigenvalue weighted by Crippen LogP contribution is 2.17. The molecule has 0 spiro atoms. The van der Waals surface area contributed by atoms with Crippen LogP contribution in [-0.2, 0) is 6.42 Å². The molecule has 26 heavy (non-hydrogen) atoms. The summed E-state index contributed by atoms with van der Waals surface area (Å²) in [5.74, 6) is 1.58. The highest BCUT2D eigenvalue weighted by Gasteiger charge is 2.20. The van der Waals surface area contributed by atoms with Gasteiger partial charge in [-0.3, -0.25) is 4.99 Å². The number of halogens is 2. The predicted octanol–water partition coefficient (Wildman–Crippen LogP) is 2.81. The number of anilines is 1. The van der Waals surface area contributed by atoms with Crippen molar-refractivity contribution in [3.8, 4) is 0 Å². The van der Waals surface area contributed by atoms with Crippen LogP contribution in [0.4, 0.5) is 10.2 Å². The van der Waals surface area contributed by atoms with Crippen molar-refractivity contribution in [1.29, 1.82) is 0 Å². The van der Waals surface area contributed by atoms with Gasteiger partial charge in [0.1, 0.15) is 11.6 Å². The molecule has 1 N–H and O–H groups in total. The van der Waals surface area contributed by atoms with Gasteiger partial charge in [-0.25, -0.2) is 9.37 Å². The number of guanidine groups is 1. The Labute approximate surface area is 158 Å². The van der Waals surface area contributed by atoms with Crippen LogP contribution in [0.3, 0.4) is 0 Å². The van der Waals surface area contributed by atoms with Gasteiger partial charge < -0.3 is 15.1 Å². The molecular formula is C19H23ClFN5. The van der Waals surface area contributed by atoms with Crippen LogP contribution in [0.25, 0.3) is 0 Å². The van der Waals surface area contributed by atoms with Gasteiger partial charge in [0, 0.05) is 51.0 Å². The van der Waals surface area contributed by atoms with Gasteiger partial charge in [-0.2, -0.15) is 0 Å². The van der Waals surface area contributed by atoms with Crippen molar-refractivity contribution in [2.45, 2.75) is 6.42 Å². The lowest BCUT2D eigenvalue weighted by Crippen LogP contribution is -2.53. The van der Waals surface area contributed by atoms with E-state index in [9.17, 15) is 4.39 Å². The molecule has 0 unspecified atom stereocenters. The van der Waals surface area contributed by atoms with E-state index in [1.807, 2.05) is 24.4 Å². The van der Waals surface area contributed by atoms with Gasteiger partial charge in [-0.05, 0) is 36.2 Å². The van der Waals surface area contributed by atoms with Crippen LogP contribution in [0.5, 0.6) is 0 Å². The number of rotatable bonds is 4.